The van der Waals surface area contributed by atoms with E-state index in [1.807, 2.05) is 0 Å². The standard InChI is InChI=1S/C15H27N3/c1-15(2)13-8-16-7-12(13)10-18(15)14-4-6-17-5-3-11(14)9-17/h11-14,16H,3-10H2,1-2H3. The number of hydrogen-bond acceptors (Lipinski definition) is 3. The number of hydrogen-bond donors (Lipinski definition) is 1. The minimum absolute atomic E-state index is 0.420. The van der Waals surface area contributed by atoms with Crippen LogP contribution in [0.5, 0.6) is 0 Å². The zero-order valence-electron chi connectivity index (χ0n) is 11.9. The molecule has 3 nitrogen and oxygen atoms in total. The van der Waals surface area contributed by atoms with Gasteiger partial charge >= 0.3 is 0 Å². The van der Waals surface area contributed by atoms with Gasteiger partial charge in [0.15, 0.2) is 0 Å². The highest BCUT2D eigenvalue weighted by Gasteiger charge is 2.53. The lowest BCUT2D eigenvalue weighted by atomic mass is 9.83. The quantitative estimate of drug-likeness (QED) is 0.748. The van der Waals surface area contributed by atoms with Crippen LogP contribution < -0.4 is 5.32 Å². The van der Waals surface area contributed by atoms with Crippen molar-refractivity contribution in [2.45, 2.75) is 38.3 Å². The second-order valence-corrected chi connectivity index (χ2v) is 7.54. The van der Waals surface area contributed by atoms with Crippen molar-refractivity contribution in [1.82, 2.24) is 15.1 Å². The number of fused-ring (bicyclic) bond motifs is 3. The van der Waals surface area contributed by atoms with Crippen LogP contribution in [0.25, 0.3) is 0 Å². The molecule has 0 aromatic carbocycles. The molecule has 4 rings (SSSR count). The van der Waals surface area contributed by atoms with E-state index in [-0.39, 0.29) is 0 Å². The van der Waals surface area contributed by atoms with Gasteiger partial charge in [-0.2, -0.15) is 0 Å². The molecule has 4 aliphatic heterocycles. The second-order valence-electron chi connectivity index (χ2n) is 7.54. The van der Waals surface area contributed by atoms with E-state index >= 15 is 0 Å². The fourth-order valence-electron chi connectivity index (χ4n) is 5.36. The van der Waals surface area contributed by atoms with E-state index in [1.165, 1.54) is 52.1 Å². The Morgan fingerprint density at radius 2 is 1.83 bits per heavy atom. The van der Waals surface area contributed by atoms with Crippen molar-refractivity contribution in [1.29, 1.82) is 0 Å². The highest BCUT2D eigenvalue weighted by Crippen LogP contribution is 2.45. The summed E-state index contributed by atoms with van der Waals surface area (Å²) < 4.78 is 0. The van der Waals surface area contributed by atoms with E-state index in [9.17, 15) is 0 Å². The molecule has 0 aromatic rings. The summed E-state index contributed by atoms with van der Waals surface area (Å²) in [5.74, 6) is 2.76. The van der Waals surface area contributed by atoms with Crippen molar-refractivity contribution >= 4 is 0 Å². The number of nitrogens with one attached hydrogen (secondary N) is 1. The molecule has 0 aliphatic carbocycles. The average Bonchev–Trinajstić information content (AvgIpc) is 2.99. The molecule has 0 spiro atoms. The Labute approximate surface area is 111 Å². The van der Waals surface area contributed by atoms with Gasteiger partial charge in [0.2, 0.25) is 0 Å². The van der Waals surface area contributed by atoms with Crippen LogP contribution in [0.3, 0.4) is 0 Å². The summed E-state index contributed by atoms with van der Waals surface area (Å²) in [6.45, 7) is 13.0. The van der Waals surface area contributed by atoms with Gasteiger partial charge in [0.1, 0.15) is 0 Å². The second kappa shape index (κ2) is 3.94. The van der Waals surface area contributed by atoms with Crippen molar-refractivity contribution in [2.24, 2.45) is 17.8 Å². The first-order valence-electron chi connectivity index (χ1n) is 7.86. The molecule has 5 unspecified atom stereocenters. The Morgan fingerprint density at radius 3 is 2.67 bits per heavy atom. The molecule has 18 heavy (non-hydrogen) atoms. The van der Waals surface area contributed by atoms with Crippen molar-refractivity contribution in [3.05, 3.63) is 0 Å². The van der Waals surface area contributed by atoms with Gasteiger partial charge < -0.3 is 10.2 Å². The molecule has 0 amide bonds. The maximum atomic E-state index is 3.60. The molecule has 4 fully saturated rings. The molecule has 2 bridgehead atoms. The molecule has 1 N–H and O–H groups in total. The normalized spacial score (nSPS) is 50.7. The van der Waals surface area contributed by atoms with E-state index in [0.717, 1.165) is 23.8 Å². The van der Waals surface area contributed by atoms with Gasteiger partial charge in [-0.15, -0.1) is 0 Å². The summed E-state index contributed by atoms with van der Waals surface area (Å²) in [6.07, 6.45) is 2.87. The van der Waals surface area contributed by atoms with Crippen LogP contribution in [-0.2, 0) is 0 Å². The maximum Gasteiger partial charge on any atom is 0.0200 e. The van der Waals surface area contributed by atoms with Gasteiger partial charge in [-0.05, 0) is 64.1 Å². The number of nitrogens with zero attached hydrogens (tertiary/aromatic N) is 2. The van der Waals surface area contributed by atoms with E-state index in [0.29, 0.717) is 5.54 Å². The first-order valence-corrected chi connectivity index (χ1v) is 7.86. The van der Waals surface area contributed by atoms with Crippen LogP contribution in [0.2, 0.25) is 0 Å². The molecule has 4 aliphatic rings. The molecule has 4 heterocycles. The third kappa shape index (κ3) is 1.53. The van der Waals surface area contributed by atoms with Gasteiger partial charge in [0.05, 0.1) is 0 Å². The highest BCUT2D eigenvalue weighted by atomic mass is 15.3. The minimum Gasteiger partial charge on any atom is -0.316 e. The molecule has 5 atom stereocenters. The SMILES string of the molecule is CC1(C)C2CNCC2CN1C1CCN2CCC1C2. The lowest BCUT2D eigenvalue weighted by Crippen LogP contribution is -2.54. The van der Waals surface area contributed by atoms with Crippen LogP contribution in [0.4, 0.5) is 0 Å². The van der Waals surface area contributed by atoms with E-state index in [2.05, 4.69) is 29.0 Å². The molecule has 0 aromatic heterocycles. The largest absolute Gasteiger partial charge is 0.316 e. The Hall–Kier alpha value is -0.120. The minimum atomic E-state index is 0.420. The summed E-state index contributed by atoms with van der Waals surface area (Å²) in [5.41, 5.74) is 0.420. The topological polar surface area (TPSA) is 18.5 Å². The Balaban J connectivity index is 1.57. The first-order chi connectivity index (χ1) is 8.66. The predicted octanol–water partition coefficient (Wildman–Crippen LogP) is 1.01. The van der Waals surface area contributed by atoms with Gasteiger partial charge in [0, 0.05) is 31.2 Å². The third-order valence-electron chi connectivity index (χ3n) is 6.41. The third-order valence-corrected chi connectivity index (χ3v) is 6.41. The average molecular weight is 249 g/mol. The number of likely N-dealkylation sites (tertiary alicyclic amines) is 1. The van der Waals surface area contributed by atoms with Crippen LogP contribution in [-0.4, -0.2) is 60.6 Å². The molecular formula is C15H27N3. The summed E-state index contributed by atoms with van der Waals surface area (Å²) in [6, 6.07) is 0.879. The number of piperidine rings is 1. The Bertz CT molecular complexity index is 341. The molecule has 0 saturated carbocycles. The molecule has 4 saturated heterocycles. The number of rotatable bonds is 1. The molecule has 0 radical (unpaired) electrons. The molecular weight excluding hydrogens is 222 g/mol. The van der Waals surface area contributed by atoms with Crippen LogP contribution in [0.1, 0.15) is 26.7 Å². The van der Waals surface area contributed by atoms with Crippen molar-refractivity contribution < 1.29 is 0 Å². The van der Waals surface area contributed by atoms with E-state index < -0.39 is 0 Å². The summed E-state index contributed by atoms with van der Waals surface area (Å²) in [7, 11) is 0. The van der Waals surface area contributed by atoms with Crippen LogP contribution in [0, 0.1) is 17.8 Å². The first kappa shape index (κ1) is 11.7. The fourth-order valence-corrected chi connectivity index (χ4v) is 5.36. The summed E-state index contributed by atoms with van der Waals surface area (Å²) >= 11 is 0. The van der Waals surface area contributed by atoms with E-state index in [1.54, 1.807) is 0 Å². The Kier molecular flexibility index (Phi) is 2.56. The van der Waals surface area contributed by atoms with Gasteiger partial charge in [-0.25, -0.2) is 0 Å². The maximum absolute atomic E-state index is 3.60. The van der Waals surface area contributed by atoms with Gasteiger partial charge in [0.25, 0.3) is 0 Å². The van der Waals surface area contributed by atoms with Crippen LogP contribution in [0.15, 0.2) is 0 Å². The van der Waals surface area contributed by atoms with Gasteiger partial charge in [-0.1, -0.05) is 0 Å². The smallest absolute Gasteiger partial charge is 0.0200 e. The summed E-state index contributed by atoms with van der Waals surface area (Å²) in [4.78, 5) is 5.59. The van der Waals surface area contributed by atoms with Crippen molar-refractivity contribution in [3.8, 4) is 0 Å². The highest BCUT2D eigenvalue weighted by molar-refractivity contribution is 5.08. The van der Waals surface area contributed by atoms with Crippen molar-refractivity contribution in [3.63, 3.8) is 0 Å². The Morgan fingerprint density at radius 1 is 1.00 bits per heavy atom. The van der Waals surface area contributed by atoms with Crippen molar-refractivity contribution in [2.75, 3.05) is 39.3 Å². The summed E-state index contributed by atoms with van der Waals surface area (Å²) in [5, 5.41) is 3.60. The lowest BCUT2D eigenvalue weighted by Gasteiger charge is -2.45. The molecule has 102 valence electrons. The van der Waals surface area contributed by atoms with Gasteiger partial charge in [-0.3, -0.25) is 4.90 Å². The lowest BCUT2D eigenvalue weighted by molar-refractivity contribution is 0.0354. The zero-order chi connectivity index (χ0) is 12.3. The predicted molar refractivity (Wildman–Crippen MR) is 73.6 cm³/mol. The molecule has 3 heteroatoms. The monoisotopic (exact) mass is 249 g/mol. The van der Waals surface area contributed by atoms with Crippen LogP contribution >= 0.6 is 0 Å². The van der Waals surface area contributed by atoms with E-state index in [4.69, 9.17) is 0 Å². The fraction of sp³-hybridized carbons (Fsp3) is 1.00. The zero-order valence-corrected chi connectivity index (χ0v) is 11.9.